The number of nitrogens with zero attached hydrogens (tertiary/aromatic N) is 11. The number of aliphatic hydroxyl groups is 2. The lowest BCUT2D eigenvalue weighted by molar-refractivity contribution is 0.0514. The minimum Gasteiger partial charge on any atom is -0.444 e. The van der Waals surface area contributed by atoms with Crippen molar-refractivity contribution in [3.63, 3.8) is 0 Å². The SMILES string of the molecule is C.C.CC(=O)c1c(I)ccnc1F.CC(O)c1c(I)ccnc1F.CC(O)c1c(I)ccnc1F.CCC(C)(CN)c1cccc(-c2ccnc3n[nH]c(C)c23)c1.CCC(C)(CNC(=O)OC(C)(C)C)c1cccc(-c2ccnc3n[nH]c(C)c23)c1.Cc1[nH]nc2nccc(I)c12.Fc1ncccc1I.Fc1ncccc1I.[2HH].[B]. The van der Waals surface area contributed by atoms with E-state index in [2.05, 4.69) is 181 Å². The summed E-state index contributed by atoms with van der Waals surface area (Å²) in [6.45, 7) is 25.8. The molecule has 0 aliphatic rings. The minimum absolute atomic E-state index is 0. The Kier molecular flexibility index (Phi) is 42.6. The Bertz CT molecular complexity index is 5060. The van der Waals surface area contributed by atoms with Crippen LogP contribution < -0.4 is 11.1 Å². The highest BCUT2D eigenvalue weighted by atomic mass is 127. The van der Waals surface area contributed by atoms with E-state index in [0.717, 1.165) is 79.7 Å². The second kappa shape index (κ2) is 48.0. The van der Waals surface area contributed by atoms with Gasteiger partial charge in [-0.1, -0.05) is 91.1 Å². The summed E-state index contributed by atoms with van der Waals surface area (Å²) in [6, 6.07) is 34.8. The lowest BCUT2D eigenvalue weighted by Crippen LogP contribution is -2.41. The average molecular weight is 2240 g/mol. The van der Waals surface area contributed by atoms with Gasteiger partial charge in [0.05, 0.1) is 30.3 Å². The quantitative estimate of drug-likeness (QED) is 0.0196. The van der Waals surface area contributed by atoms with Gasteiger partial charge in [-0.25, -0.2) is 44.7 Å². The molecule has 4 unspecified atom stereocenters. The number of hydrogen-bond donors (Lipinski definition) is 7. The van der Waals surface area contributed by atoms with Crippen LogP contribution in [0.5, 0.6) is 0 Å². The summed E-state index contributed by atoms with van der Waals surface area (Å²) in [5, 5.41) is 45.9. The fraction of sp³-hybridized carbons (Fsp3) is 0.296. The molecule has 11 aromatic heterocycles. The van der Waals surface area contributed by atoms with E-state index in [-0.39, 0.29) is 58.0 Å². The maximum Gasteiger partial charge on any atom is 0.407 e. The second-order valence-corrected chi connectivity index (χ2v) is 33.1. The average Bonchev–Trinajstić information content (AvgIpc) is 1.64. The van der Waals surface area contributed by atoms with Gasteiger partial charge in [0.25, 0.3) is 0 Å². The van der Waals surface area contributed by atoms with Crippen molar-refractivity contribution in [2.75, 3.05) is 13.1 Å². The van der Waals surface area contributed by atoms with Gasteiger partial charge in [-0.3, -0.25) is 20.1 Å². The van der Waals surface area contributed by atoms with Crippen LogP contribution in [0.15, 0.2) is 159 Å². The lowest BCUT2D eigenvalue weighted by atomic mass is 9.79. The molecule has 0 fully saturated rings. The highest BCUT2D eigenvalue weighted by Crippen LogP contribution is 2.36. The molecule has 0 aliphatic carbocycles. The van der Waals surface area contributed by atoms with E-state index >= 15 is 0 Å². The summed E-state index contributed by atoms with van der Waals surface area (Å²) in [5.41, 5.74) is 18.3. The second-order valence-electron chi connectivity index (χ2n) is 26.1. The number of aliphatic hydroxyl groups excluding tert-OH is 2. The number of alkyl carbamates (subject to hydrolysis) is 1. The molecule has 33 heteroatoms. The molecule has 114 heavy (non-hydrogen) atoms. The molecule has 607 valence electrons. The zero-order valence-electron chi connectivity index (χ0n) is 63.3. The molecule has 0 saturated heterocycles. The van der Waals surface area contributed by atoms with Crippen molar-refractivity contribution >= 4 is 189 Å². The van der Waals surface area contributed by atoms with Crippen molar-refractivity contribution in [2.45, 2.75) is 146 Å². The molecule has 1 amide bonds. The Balaban J connectivity index is 0.000000464. The maximum absolute atomic E-state index is 12.8. The minimum atomic E-state index is -0.796. The van der Waals surface area contributed by atoms with Gasteiger partial charge in [-0.15, -0.1) is 0 Å². The summed E-state index contributed by atoms with van der Waals surface area (Å²) < 4.78 is 72.5. The predicted molar refractivity (Wildman–Crippen MR) is 495 cm³/mol. The monoisotopic (exact) mass is 2240 g/mol. The van der Waals surface area contributed by atoms with E-state index in [4.69, 9.17) is 20.7 Å². The van der Waals surface area contributed by atoms with Crippen LogP contribution in [-0.4, -0.2) is 120 Å². The first-order valence-electron chi connectivity index (χ1n) is 34.2. The number of carbonyl (C=O) groups excluding carboxylic acids is 2. The summed E-state index contributed by atoms with van der Waals surface area (Å²) in [6.07, 6.45) is 12.2. The van der Waals surface area contributed by atoms with Gasteiger partial charge in [-0.05, 0) is 305 Å². The molecule has 11 heterocycles. The molecule has 4 atom stereocenters. The summed E-state index contributed by atoms with van der Waals surface area (Å²) in [4.78, 5) is 52.8. The smallest absolute Gasteiger partial charge is 0.407 e. The van der Waals surface area contributed by atoms with E-state index in [1.165, 1.54) is 72.0 Å². The topological polar surface area (TPSA) is 311 Å². The van der Waals surface area contributed by atoms with Gasteiger partial charge in [0.1, 0.15) is 5.60 Å². The van der Waals surface area contributed by atoms with Crippen molar-refractivity contribution in [3.05, 3.63) is 255 Å². The number of carbonyl (C=O) groups is 2. The van der Waals surface area contributed by atoms with Gasteiger partial charge in [0.15, 0.2) is 22.7 Å². The maximum atomic E-state index is 12.8. The van der Waals surface area contributed by atoms with Crippen LogP contribution in [0, 0.1) is 71.9 Å². The number of rotatable bonds is 12. The third-order valence-electron chi connectivity index (χ3n) is 16.9. The normalized spacial score (nSPS) is 12.1. The zero-order chi connectivity index (χ0) is 82.1. The van der Waals surface area contributed by atoms with Crippen LogP contribution >= 0.6 is 136 Å². The molecule has 21 nitrogen and oxygen atoms in total. The molecule has 2 aromatic carbocycles. The van der Waals surface area contributed by atoms with Gasteiger partial charge in [-0.2, -0.15) is 37.2 Å². The zero-order valence-corrected chi connectivity index (χ0v) is 76.3. The standard InChI is InChI=1S/C23H30N4O2.C18H22N4.2C7H7FINO.C7H5FINO.C7H6IN3.2C5H3FIN.2CH4.B.H2/c1-7-23(6,14-25-21(28)29-22(3,4)5)17-10-8-9-16(13-17)18-11-12-24-20-19(18)15(2)26-27-20;1-4-18(3,11-19)14-7-5-6-13(10-14)15-8-9-20-17-16(15)12(2)21-22-17;3*1-4(11)6-5(9)2-3-10-7(6)8;1-4-6-5(8)2-3-9-7(6)11-10-4;2*6-5-4(7)2-1-3-8-5;;;;/h8-13H,7,14H2,1-6H3,(H,25,28)(H,24,26,27);5-10H,4,11,19H2,1-3H3,(H,20,21,22);2*2-4,11H,1H3;2-3H,1H3;2-3H,1H3,(H,9,10,11);2*1-3H;2*1H4;;1H/i;;;;;;;;;;;1+1. The molecular weight excluding hydrogens is 2140 g/mol. The van der Waals surface area contributed by atoms with Crippen LogP contribution in [0.1, 0.15) is 160 Å². The van der Waals surface area contributed by atoms with Crippen LogP contribution in [0.25, 0.3) is 55.4 Å². The first-order valence-corrected chi connectivity index (χ1v) is 40.7. The third-order valence-corrected chi connectivity index (χ3v) is 22.2. The Hall–Kier alpha value is -7.04. The van der Waals surface area contributed by atoms with Crippen molar-refractivity contribution in [2.24, 2.45) is 5.73 Å². The molecule has 0 spiro atoms. The molecule has 13 rings (SSSR count). The Morgan fingerprint density at radius 2 is 0.851 bits per heavy atom. The van der Waals surface area contributed by atoms with E-state index in [1.54, 1.807) is 54.9 Å². The predicted octanol–water partition coefficient (Wildman–Crippen LogP) is 21.1. The number of fused-ring (bicyclic) bond motifs is 3. The van der Waals surface area contributed by atoms with E-state index in [9.17, 15) is 31.5 Å². The number of halogens is 11. The lowest BCUT2D eigenvalue weighted by Gasteiger charge is -2.30. The highest BCUT2D eigenvalue weighted by molar-refractivity contribution is 14.1. The number of H-pyrrole nitrogens is 3. The number of aromatic amines is 3. The van der Waals surface area contributed by atoms with E-state index in [0.29, 0.717) is 30.9 Å². The molecule has 0 saturated carbocycles. The largest absolute Gasteiger partial charge is 0.444 e. The van der Waals surface area contributed by atoms with Gasteiger partial charge < -0.3 is 26.0 Å². The van der Waals surface area contributed by atoms with Crippen molar-refractivity contribution in [3.8, 4) is 22.3 Å². The number of aromatic nitrogens is 14. The Labute approximate surface area is 747 Å². The van der Waals surface area contributed by atoms with Gasteiger partial charge in [0.2, 0.25) is 29.7 Å². The van der Waals surface area contributed by atoms with Crippen LogP contribution in [0.3, 0.4) is 0 Å². The number of amides is 1. The van der Waals surface area contributed by atoms with Gasteiger partial charge >= 0.3 is 6.09 Å². The van der Waals surface area contributed by atoms with Crippen molar-refractivity contribution in [1.29, 1.82) is 0 Å². The Morgan fingerprint density at radius 1 is 0.491 bits per heavy atom. The summed E-state index contributed by atoms with van der Waals surface area (Å²) in [5.74, 6) is -2.95. The number of nitrogens with one attached hydrogen (secondary N) is 4. The number of nitrogens with two attached hydrogens (primary N) is 1. The van der Waals surface area contributed by atoms with Crippen LogP contribution in [0.2, 0.25) is 0 Å². The molecule has 8 N–H and O–H groups in total. The number of pyridine rings is 8. The summed E-state index contributed by atoms with van der Waals surface area (Å²) in [7, 11) is 0. The molecular formula is C81H93BF5I6N16O5. The number of benzene rings is 2. The third kappa shape index (κ3) is 28.9. The summed E-state index contributed by atoms with van der Waals surface area (Å²) >= 11 is 11.9. The molecule has 0 bridgehead atoms. The van der Waals surface area contributed by atoms with E-state index < -0.39 is 53.6 Å². The van der Waals surface area contributed by atoms with E-state index in [1.807, 2.05) is 173 Å². The van der Waals surface area contributed by atoms with Gasteiger partial charge in [0, 0.05) is 137 Å². The Morgan fingerprint density at radius 3 is 1.18 bits per heavy atom. The number of ketones is 1. The van der Waals surface area contributed by atoms with Crippen molar-refractivity contribution in [1.82, 2.24) is 75.8 Å². The molecule has 0 aliphatic heterocycles. The highest BCUT2D eigenvalue weighted by Gasteiger charge is 2.28. The van der Waals surface area contributed by atoms with Crippen LogP contribution in [0.4, 0.5) is 26.7 Å². The molecule has 3 radical (unpaired) electrons. The number of ether oxygens (including phenoxy) is 1. The van der Waals surface area contributed by atoms with Crippen molar-refractivity contribution < 1.29 is 47.9 Å². The van der Waals surface area contributed by atoms with Crippen LogP contribution in [-0.2, 0) is 15.6 Å². The number of Topliss-reactive ketones (excluding diaryl/α,β-unsaturated/α-hetero) is 1. The first kappa shape index (κ1) is 101. The fourth-order valence-electron chi connectivity index (χ4n) is 10.4. The molecule has 13 aromatic rings. The number of aryl methyl sites for hydroxylation is 3. The fourth-order valence-corrected chi connectivity index (χ4v) is 14.3. The first-order chi connectivity index (χ1) is 52.5. The number of hydrogen-bond acceptors (Lipinski definition) is 17.